The molecule has 2 aliphatic rings. The highest BCUT2D eigenvalue weighted by molar-refractivity contribution is 5.82. The van der Waals surface area contributed by atoms with Crippen LogP contribution in [-0.2, 0) is 4.79 Å². The van der Waals surface area contributed by atoms with Crippen LogP contribution in [0.5, 0.6) is 0 Å². The minimum Gasteiger partial charge on any atom is -0.356 e. The molecule has 3 heteroatoms. The summed E-state index contributed by atoms with van der Waals surface area (Å²) in [5.41, 5.74) is -0.0247. The molecule has 0 aromatic carbocycles. The van der Waals surface area contributed by atoms with Gasteiger partial charge in [0, 0.05) is 18.0 Å². The van der Waals surface area contributed by atoms with Gasteiger partial charge in [-0.1, -0.05) is 19.8 Å². The fourth-order valence-electron chi connectivity index (χ4n) is 3.34. The number of rotatable bonds is 5. The summed E-state index contributed by atoms with van der Waals surface area (Å²) in [6, 6.07) is 0.636. The summed E-state index contributed by atoms with van der Waals surface area (Å²) >= 11 is 0. The maximum Gasteiger partial charge on any atom is 0.226 e. The Hall–Kier alpha value is -0.570. The van der Waals surface area contributed by atoms with Crippen LogP contribution in [-0.4, -0.2) is 25.0 Å². The van der Waals surface area contributed by atoms with E-state index < -0.39 is 0 Å². The maximum atomic E-state index is 12.2. The molecule has 0 bridgehead atoms. The molecule has 2 fully saturated rings. The molecule has 2 rings (SSSR count). The van der Waals surface area contributed by atoms with Gasteiger partial charge in [-0.25, -0.2) is 0 Å². The third-order valence-corrected chi connectivity index (χ3v) is 4.66. The summed E-state index contributed by atoms with van der Waals surface area (Å²) in [5.74, 6) is 0.315. The Morgan fingerprint density at radius 3 is 2.71 bits per heavy atom. The summed E-state index contributed by atoms with van der Waals surface area (Å²) in [6.45, 7) is 4.15. The zero-order valence-electron chi connectivity index (χ0n) is 11.1. The minimum absolute atomic E-state index is 0.0247. The molecule has 1 aliphatic carbocycles. The zero-order chi connectivity index (χ0) is 12.1. The molecular weight excluding hydrogens is 212 g/mol. The summed E-state index contributed by atoms with van der Waals surface area (Å²) < 4.78 is 0. The average molecular weight is 238 g/mol. The molecule has 1 heterocycles. The van der Waals surface area contributed by atoms with E-state index in [9.17, 15) is 4.79 Å². The van der Waals surface area contributed by atoms with Crippen molar-refractivity contribution in [2.24, 2.45) is 5.41 Å². The molecular formula is C14H26N2O. The van der Waals surface area contributed by atoms with E-state index in [1.54, 1.807) is 0 Å². The minimum atomic E-state index is -0.0247. The summed E-state index contributed by atoms with van der Waals surface area (Å²) in [4.78, 5) is 12.2. The van der Waals surface area contributed by atoms with Crippen LogP contribution in [0.25, 0.3) is 0 Å². The number of amides is 1. The van der Waals surface area contributed by atoms with Crippen LogP contribution in [0.3, 0.4) is 0 Å². The van der Waals surface area contributed by atoms with Crippen molar-refractivity contribution in [3.63, 3.8) is 0 Å². The summed E-state index contributed by atoms with van der Waals surface area (Å²) in [5, 5.41) is 6.64. The molecule has 0 spiro atoms. The van der Waals surface area contributed by atoms with Crippen molar-refractivity contribution >= 4 is 5.91 Å². The van der Waals surface area contributed by atoms with Crippen molar-refractivity contribution in [1.29, 1.82) is 0 Å². The van der Waals surface area contributed by atoms with Crippen molar-refractivity contribution < 1.29 is 4.79 Å². The number of carbonyl (C=O) groups is 1. The topological polar surface area (TPSA) is 41.1 Å². The Labute approximate surface area is 105 Å². The Morgan fingerprint density at radius 1 is 1.35 bits per heavy atom. The monoisotopic (exact) mass is 238 g/mol. The van der Waals surface area contributed by atoms with Gasteiger partial charge in [-0.2, -0.15) is 0 Å². The first-order valence-corrected chi connectivity index (χ1v) is 7.28. The highest BCUT2D eigenvalue weighted by Crippen LogP contribution is 2.41. The number of carbonyl (C=O) groups excluding carboxylic acids is 1. The second-order valence-electron chi connectivity index (χ2n) is 5.68. The van der Waals surface area contributed by atoms with Gasteiger partial charge in [0.05, 0.1) is 0 Å². The van der Waals surface area contributed by atoms with Crippen molar-refractivity contribution in [2.75, 3.05) is 13.1 Å². The summed E-state index contributed by atoms with van der Waals surface area (Å²) in [6.07, 6.45) is 9.29. The van der Waals surface area contributed by atoms with Crippen LogP contribution in [0.2, 0.25) is 0 Å². The van der Waals surface area contributed by atoms with E-state index in [-0.39, 0.29) is 5.41 Å². The van der Waals surface area contributed by atoms with Crippen LogP contribution in [0.4, 0.5) is 0 Å². The molecule has 2 N–H and O–H groups in total. The number of nitrogens with one attached hydrogen (secondary N) is 2. The Balaban J connectivity index is 1.72. The number of hydrogen-bond acceptors (Lipinski definition) is 2. The van der Waals surface area contributed by atoms with Gasteiger partial charge in [-0.3, -0.25) is 4.79 Å². The molecule has 0 aromatic rings. The third kappa shape index (κ3) is 3.01. The van der Waals surface area contributed by atoms with E-state index in [4.69, 9.17) is 0 Å². The van der Waals surface area contributed by atoms with Crippen LogP contribution in [0.15, 0.2) is 0 Å². The van der Waals surface area contributed by atoms with Gasteiger partial charge in [0.15, 0.2) is 0 Å². The average Bonchev–Trinajstić information content (AvgIpc) is 3.00. The molecule has 0 radical (unpaired) electrons. The smallest absolute Gasteiger partial charge is 0.226 e. The van der Waals surface area contributed by atoms with Crippen LogP contribution < -0.4 is 10.6 Å². The van der Waals surface area contributed by atoms with E-state index in [2.05, 4.69) is 17.6 Å². The highest BCUT2D eigenvalue weighted by Gasteiger charge is 2.38. The van der Waals surface area contributed by atoms with Crippen LogP contribution in [0.1, 0.15) is 58.3 Å². The molecule has 3 nitrogen and oxygen atoms in total. The van der Waals surface area contributed by atoms with Gasteiger partial charge >= 0.3 is 0 Å². The largest absolute Gasteiger partial charge is 0.356 e. The predicted molar refractivity (Wildman–Crippen MR) is 69.8 cm³/mol. The SMILES string of the molecule is CCC1(C(=O)NCC[C@H]2CCCN2)CCCC1. The van der Waals surface area contributed by atoms with E-state index in [1.165, 1.54) is 25.7 Å². The second-order valence-corrected chi connectivity index (χ2v) is 5.68. The maximum absolute atomic E-state index is 12.2. The van der Waals surface area contributed by atoms with Crippen molar-refractivity contribution in [3.8, 4) is 0 Å². The standard InChI is InChI=1S/C14H26N2O/c1-2-14(8-3-4-9-14)13(17)16-11-7-12-6-5-10-15-12/h12,15H,2-11H2,1H3,(H,16,17)/t12-/m1/s1. The Bertz CT molecular complexity index is 253. The third-order valence-electron chi connectivity index (χ3n) is 4.66. The van der Waals surface area contributed by atoms with E-state index in [1.807, 2.05) is 0 Å². The summed E-state index contributed by atoms with van der Waals surface area (Å²) in [7, 11) is 0. The normalized spacial score (nSPS) is 27.2. The lowest BCUT2D eigenvalue weighted by atomic mass is 9.82. The molecule has 1 atom stereocenters. The number of hydrogen-bond donors (Lipinski definition) is 2. The molecule has 1 aliphatic heterocycles. The van der Waals surface area contributed by atoms with Gasteiger partial charge in [0.1, 0.15) is 0 Å². The van der Waals surface area contributed by atoms with Gasteiger partial charge in [0.2, 0.25) is 5.91 Å². The Morgan fingerprint density at radius 2 is 2.12 bits per heavy atom. The van der Waals surface area contributed by atoms with E-state index in [0.717, 1.165) is 38.8 Å². The fraction of sp³-hybridized carbons (Fsp3) is 0.929. The van der Waals surface area contributed by atoms with Gasteiger partial charge in [-0.15, -0.1) is 0 Å². The molecule has 98 valence electrons. The molecule has 17 heavy (non-hydrogen) atoms. The second kappa shape index (κ2) is 5.85. The van der Waals surface area contributed by atoms with Crippen LogP contribution >= 0.6 is 0 Å². The van der Waals surface area contributed by atoms with Crippen LogP contribution in [0, 0.1) is 5.41 Å². The zero-order valence-corrected chi connectivity index (χ0v) is 11.1. The van der Waals surface area contributed by atoms with Crippen molar-refractivity contribution in [1.82, 2.24) is 10.6 Å². The van der Waals surface area contributed by atoms with Gasteiger partial charge in [-0.05, 0) is 45.1 Å². The van der Waals surface area contributed by atoms with Crippen molar-refractivity contribution in [2.45, 2.75) is 64.3 Å². The van der Waals surface area contributed by atoms with E-state index >= 15 is 0 Å². The van der Waals surface area contributed by atoms with Crippen molar-refractivity contribution in [3.05, 3.63) is 0 Å². The van der Waals surface area contributed by atoms with Gasteiger partial charge < -0.3 is 10.6 Å². The molecule has 0 unspecified atom stereocenters. The first-order chi connectivity index (χ1) is 8.27. The molecule has 0 aromatic heterocycles. The first-order valence-electron chi connectivity index (χ1n) is 7.28. The van der Waals surface area contributed by atoms with E-state index in [0.29, 0.717) is 11.9 Å². The quantitative estimate of drug-likeness (QED) is 0.771. The lowest BCUT2D eigenvalue weighted by Gasteiger charge is -2.26. The highest BCUT2D eigenvalue weighted by atomic mass is 16.2. The molecule has 1 saturated heterocycles. The Kier molecular flexibility index (Phi) is 4.43. The predicted octanol–water partition coefficient (Wildman–Crippen LogP) is 2.22. The fourth-order valence-corrected chi connectivity index (χ4v) is 3.34. The molecule has 1 amide bonds. The lowest BCUT2D eigenvalue weighted by molar-refractivity contribution is -0.131. The lowest BCUT2D eigenvalue weighted by Crippen LogP contribution is -2.40. The first kappa shape index (κ1) is 12.9. The molecule has 1 saturated carbocycles. The van der Waals surface area contributed by atoms with Gasteiger partial charge in [0.25, 0.3) is 0 Å².